The van der Waals surface area contributed by atoms with Crippen molar-refractivity contribution >= 4 is 5.91 Å². The standard InChI is InChI=1S/C20H32N2O2/c1-20(2,3)19(23)21-13-16-9-8-12-22(14-16)15-18(24-4)17-10-6-5-7-11-17/h5-7,10-11,16,18H,8-9,12-15H2,1-4H3,(H,21,23)/t16-,18+/m1/s1. The summed E-state index contributed by atoms with van der Waals surface area (Å²) in [7, 11) is 1.78. The molecule has 134 valence electrons. The SMILES string of the molecule is CO[C@@H](CN1CCC[C@H](CNC(=O)C(C)(C)C)C1)c1ccccc1. The van der Waals surface area contributed by atoms with E-state index in [0.717, 1.165) is 26.2 Å². The van der Waals surface area contributed by atoms with E-state index in [9.17, 15) is 4.79 Å². The zero-order valence-corrected chi connectivity index (χ0v) is 15.5. The number of nitrogens with one attached hydrogen (secondary N) is 1. The molecule has 4 nitrogen and oxygen atoms in total. The zero-order valence-electron chi connectivity index (χ0n) is 15.5. The molecule has 4 heteroatoms. The second-order valence-electron chi connectivity index (χ2n) is 7.86. The maximum Gasteiger partial charge on any atom is 0.225 e. The van der Waals surface area contributed by atoms with Gasteiger partial charge in [-0.1, -0.05) is 51.1 Å². The minimum atomic E-state index is -0.317. The maximum absolute atomic E-state index is 12.1. The number of rotatable bonds is 6. The molecule has 1 N–H and O–H groups in total. The average Bonchev–Trinajstić information content (AvgIpc) is 2.58. The number of hydrogen-bond donors (Lipinski definition) is 1. The van der Waals surface area contributed by atoms with E-state index < -0.39 is 0 Å². The van der Waals surface area contributed by atoms with Gasteiger partial charge in [-0.2, -0.15) is 0 Å². The van der Waals surface area contributed by atoms with Crippen LogP contribution in [0.4, 0.5) is 0 Å². The van der Waals surface area contributed by atoms with E-state index >= 15 is 0 Å². The van der Waals surface area contributed by atoms with Crippen LogP contribution < -0.4 is 5.32 Å². The first-order valence-corrected chi connectivity index (χ1v) is 8.98. The third-order valence-electron chi connectivity index (χ3n) is 4.72. The number of carbonyl (C=O) groups is 1. The lowest BCUT2D eigenvalue weighted by Crippen LogP contribution is -2.44. The molecule has 0 unspecified atom stereocenters. The van der Waals surface area contributed by atoms with Crippen molar-refractivity contribution in [3.63, 3.8) is 0 Å². The summed E-state index contributed by atoms with van der Waals surface area (Å²) in [6.07, 6.45) is 2.47. The molecule has 0 saturated carbocycles. The summed E-state index contributed by atoms with van der Waals surface area (Å²) < 4.78 is 5.71. The van der Waals surface area contributed by atoms with Crippen molar-refractivity contribution in [3.8, 4) is 0 Å². The smallest absolute Gasteiger partial charge is 0.225 e. The number of amides is 1. The van der Waals surface area contributed by atoms with Crippen LogP contribution in [-0.2, 0) is 9.53 Å². The molecule has 0 aromatic heterocycles. The Morgan fingerprint density at radius 2 is 2.04 bits per heavy atom. The molecule has 1 heterocycles. The van der Waals surface area contributed by atoms with E-state index in [1.165, 1.54) is 18.4 Å². The molecule has 0 radical (unpaired) electrons. The molecule has 1 saturated heterocycles. The number of carbonyl (C=O) groups excluding carboxylic acids is 1. The van der Waals surface area contributed by atoms with Gasteiger partial charge in [-0.05, 0) is 30.9 Å². The fraction of sp³-hybridized carbons (Fsp3) is 0.650. The van der Waals surface area contributed by atoms with E-state index in [2.05, 4.69) is 34.5 Å². The fourth-order valence-corrected chi connectivity index (χ4v) is 3.20. The quantitative estimate of drug-likeness (QED) is 0.869. The zero-order chi connectivity index (χ0) is 17.6. The molecule has 1 aliphatic rings. The van der Waals surface area contributed by atoms with Crippen LogP contribution in [0, 0.1) is 11.3 Å². The number of likely N-dealkylation sites (tertiary alicyclic amines) is 1. The highest BCUT2D eigenvalue weighted by molar-refractivity contribution is 5.81. The highest BCUT2D eigenvalue weighted by Crippen LogP contribution is 2.22. The molecule has 0 aliphatic carbocycles. The normalized spacial score (nSPS) is 20.6. The molecular weight excluding hydrogens is 300 g/mol. The minimum Gasteiger partial charge on any atom is -0.375 e. The van der Waals surface area contributed by atoms with Gasteiger partial charge in [0.15, 0.2) is 0 Å². The molecule has 1 fully saturated rings. The minimum absolute atomic E-state index is 0.106. The van der Waals surface area contributed by atoms with Crippen LogP contribution >= 0.6 is 0 Å². The third-order valence-corrected chi connectivity index (χ3v) is 4.72. The van der Waals surface area contributed by atoms with E-state index in [0.29, 0.717) is 5.92 Å². The lowest BCUT2D eigenvalue weighted by Gasteiger charge is -2.35. The predicted octanol–water partition coefficient (Wildman–Crippen LogP) is 3.25. The lowest BCUT2D eigenvalue weighted by atomic mass is 9.93. The highest BCUT2D eigenvalue weighted by atomic mass is 16.5. The number of ether oxygens (including phenoxy) is 1. The van der Waals surface area contributed by atoms with Crippen molar-refractivity contribution in [1.82, 2.24) is 10.2 Å². The summed E-state index contributed by atoms with van der Waals surface area (Å²) in [5, 5.41) is 3.12. The molecule has 2 atom stereocenters. The van der Waals surface area contributed by atoms with Crippen LogP contribution in [0.3, 0.4) is 0 Å². The Kier molecular flexibility index (Phi) is 6.81. The molecule has 1 aliphatic heterocycles. The number of piperidine rings is 1. The first kappa shape index (κ1) is 18.9. The van der Waals surface area contributed by atoms with Crippen molar-refractivity contribution in [2.45, 2.75) is 39.7 Å². The number of methoxy groups -OCH3 is 1. The molecular formula is C20H32N2O2. The Bertz CT molecular complexity index is 510. The van der Waals surface area contributed by atoms with Crippen molar-refractivity contribution in [2.24, 2.45) is 11.3 Å². The Hall–Kier alpha value is -1.39. The van der Waals surface area contributed by atoms with Crippen molar-refractivity contribution in [2.75, 3.05) is 33.3 Å². The third kappa shape index (κ3) is 5.60. The van der Waals surface area contributed by atoms with Gasteiger partial charge in [-0.3, -0.25) is 4.79 Å². The van der Waals surface area contributed by atoms with Crippen LogP contribution in [-0.4, -0.2) is 44.1 Å². The Balaban J connectivity index is 1.85. The van der Waals surface area contributed by atoms with Crippen LogP contribution in [0.15, 0.2) is 30.3 Å². The molecule has 24 heavy (non-hydrogen) atoms. The van der Waals surface area contributed by atoms with Crippen LogP contribution in [0.5, 0.6) is 0 Å². The van der Waals surface area contributed by atoms with Gasteiger partial charge >= 0.3 is 0 Å². The van der Waals surface area contributed by atoms with Crippen LogP contribution in [0.2, 0.25) is 0 Å². The molecule has 0 spiro atoms. The van der Waals surface area contributed by atoms with Gasteiger partial charge in [0.25, 0.3) is 0 Å². The average molecular weight is 332 g/mol. The summed E-state index contributed by atoms with van der Waals surface area (Å²) >= 11 is 0. The molecule has 1 amide bonds. The summed E-state index contributed by atoms with van der Waals surface area (Å²) in [6, 6.07) is 10.4. The van der Waals surface area contributed by atoms with Gasteiger partial charge in [-0.25, -0.2) is 0 Å². The summed E-state index contributed by atoms with van der Waals surface area (Å²) in [4.78, 5) is 14.5. The molecule has 1 aromatic carbocycles. The molecule has 1 aromatic rings. The van der Waals surface area contributed by atoms with Gasteiger partial charge in [-0.15, -0.1) is 0 Å². The fourth-order valence-electron chi connectivity index (χ4n) is 3.20. The summed E-state index contributed by atoms with van der Waals surface area (Å²) in [5.74, 6) is 0.664. The summed E-state index contributed by atoms with van der Waals surface area (Å²) in [5.41, 5.74) is 0.908. The van der Waals surface area contributed by atoms with Gasteiger partial charge in [0.2, 0.25) is 5.91 Å². The van der Waals surface area contributed by atoms with E-state index in [1.54, 1.807) is 7.11 Å². The predicted molar refractivity (Wildman–Crippen MR) is 97.8 cm³/mol. The number of nitrogens with zero attached hydrogens (tertiary/aromatic N) is 1. The maximum atomic E-state index is 12.1. The topological polar surface area (TPSA) is 41.6 Å². The van der Waals surface area contributed by atoms with Crippen LogP contribution in [0.25, 0.3) is 0 Å². The largest absolute Gasteiger partial charge is 0.375 e. The monoisotopic (exact) mass is 332 g/mol. The van der Waals surface area contributed by atoms with E-state index in [1.807, 2.05) is 26.8 Å². The lowest BCUT2D eigenvalue weighted by molar-refractivity contribution is -0.128. The second kappa shape index (κ2) is 8.63. The molecule has 2 rings (SSSR count). The van der Waals surface area contributed by atoms with Crippen molar-refractivity contribution < 1.29 is 9.53 Å². The number of benzene rings is 1. The second-order valence-corrected chi connectivity index (χ2v) is 7.86. The highest BCUT2D eigenvalue weighted by Gasteiger charge is 2.25. The first-order valence-electron chi connectivity index (χ1n) is 8.98. The van der Waals surface area contributed by atoms with Gasteiger partial charge in [0, 0.05) is 32.2 Å². The van der Waals surface area contributed by atoms with Crippen LogP contribution in [0.1, 0.15) is 45.3 Å². The number of hydrogen-bond acceptors (Lipinski definition) is 3. The van der Waals surface area contributed by atoms with Gasteiger partial charge in [0.1, 0.15) is 0 Å². The first-order chi connectivity index (χ1) is 11.4. The van der Waals surface area contributed by atoms with Gasteiger partial charge in [0.05, 0.1) is 6.10 Å². The molecule has 0 bridgehead atoms. The Morgan fingerprint density at radius 1 is 1.33 bits per heavy atom. The van der Waals surface area contributed by atoms with Gasteiger partial charge < -0.3 is 15.0 Å². The Morgan fingerprint density at radius 3 is 2.67 bits per heavy atom. The van der Waals surface area contributed by atoms with E-state index in [-0.39, 0.29) is 17.4 Å². The Labute approximate surface area is 146 Å². The van der Waals surface area contributed by atoms with E-state index in [4.69, 9.17) is 4.74 Å². The van der Waals surface area contributed by atoms with Crippen molar-refractivity contribution in [3.05, 3.63) is 35.9 Å². The summed E-state index contributed by atoms with van der Waals surface area (Å²) in [6.45, 7) is 9.68. The van der Waals surface area contributed by atoms with Crippen molar-refractivity contribution in [1.29, 1.82) is 0 Å².